The molecule has 0 spiro atoms. The van der Waals surface area contributed by atoms with Gasteiger partial charge in [0.1, 0.15) is 12.0 Å². The van der Waals surface area contributed by atoms with Crippen molar-refractivity contribution in [1.29, 1.82) is 0 Å². The predicted octanol–water partition coefficient (Wildman–Crippen LogP) is 2.55. The van der Waals surface area contributed by atoms with E-state index in [1.165, 1.54) is 12.5 Å². The van der Waals surface area contributed by atoms with Crippen molar-refractivity contribution < 1.29 is 12.9 Å². The van der Waals surface area contributed by atoms with Crippen molar-refractivity contribution in [3.05, 3.63) is 40.7 Å². The number of aromatic nitrogens is 1. The maximum Gasteiger partial charge on any atom is 0.262 e. The van der Waals surface area contributed by atoms with Crippen LogP contribution in [0.4, 0.5) is 5.69 Å². The van der Waals surface area contributed by atoms with Gasteiger partial charge >= 0.3 is 0 Å². The van der Waals surface area contributed by atoms with Crippen LogP contribution in [0.5, 0.6) is 0 Å². The third kappa shape index (κ3) is 2.67. The van der Waals surface area contributed by atoms with E-state index in [4.69, 9.17) is 0 Å². The fraction of sp³-hybridized carbons (Fsp3) is 0.100. The standard InChI is InChI=1S/C10H9BrN2O3S/c1-7-2-3-8(11)4-10(7)17(14,15)13-9-5-12-16-6-9/h2-6,13H,1H3. The van der Waals surface area contributed by atoms with E-state index in [0.29, 0.717) is 15.7 Å². The lowest BCUT2D eigenvalue weighted by Crippen LogP contribution is -2.13. The summed E-state index contributed by atoms with van der Waals surface area (Å²) in [5.74, 6) is 0. The number of benzene rings is 1. The highest BCUT2D eigenvalue weighted by Gasteiger charge is 2.17. The Hall–Kier alpha value is -1.34. The zero-order chi connectivity index (χ0) is 12.5. The fourth-order valence-electron chi connectivity index (χ4n) is 1.33. The van der Waals surface area contributed by atoms with Crippen LogP contribution < -0.4 is 4.72 Å². The average Bonchev–Trinajstić information content (AvgIpc) is 2.73. The van der Waals surface area contributed by atoms with E-state index in [-0.39, 0.29) is 4.90 Å². The van der Waals surface area contributed by atoms with Crippen LogP contribution in [-0.4, -0.2) is 13.6 Å². The first-order valence-electron chi connectivity index (χ1n) is 4.67. The van der Waals surface area contributed by atoms with Gasteiger partial charge in [0.2, 0.25) is 0 Å². The third-order valence-corrected chi connectivity index (χ3v) is 4.14. The Kier molecular flexibility index (Phi) is 3.21. The lowest BCUT2D eigenvalue weighted by Gasteiger charge is -2.08. The zero-order valence-electron chi connectivity index (χ0n) is 8.84. The maximum atomic E-state index is 12.1. The number of halogens is 1. The Morgan fingerprint density at radius 1 is 1.41 bits per heavy atom. The van der Waals surface area contributed by atoms with Gasteiger partial charge in [-0.2, -0.15) is 0 Å². The van der Waals surface area contributed by atoms with Gasteiger partial charge in [-0.1, -0.05) is 27.2 Å². The highest BCUT2D eigenvalue weighted by Crippen LogP contribution is 2.22. The fourth-order valence-corrected chi connectivity index (χ4v) is 3.14. The number of rotatable bonds is 3. The van der Waals surface area contributed by atoms with Gasteiger partial charge in [-0.25, -0.2) is 8.42 Å². The summed E-state index contributed by atoms with van der Waals surface area (Å²) in [4.78, 5) is 0.216. The molecule has 7 heteroatoms. The monoisotopic (exact) mass is 316 g/mol. The number of nitrogens with zero attached hydrogens (tertiary/aromatic N) is 1. The number of anilines is 1. The molecule has 0 aliphatic carbocycles. The van der Waals surface area contributed by atoms with E-state index in [9.17, 15) is 8.42 Å². The van der Waals surface area contributed by atoms with Crippen LogP contribution in [0.25, 0.3) is 0 Å². The molecule has 1 heterocycles. The molecule has 0 saturated heterocycles. The molecular formula is C10H9BrN2O3S. The molecule has 2 rings (SSSR count). The number of nitrogens with one attached hydrogen (secondary N) is 1. The molecule has 2 aromatic rings. The lowest BCUT2D eigenvalue weighted by molar-refractivity contribution is 0.420. The minimum Gasteiger partial charge on any atom is -0.362 e. The topological polar surface area (TPSA) is 72.2 Å². The molecule has 0 aliphatic rings. The first kappa shape index (κ1) is 12.1. The quantitative estimate of drug-likeness (QED) is 0.944. The Morgan fingerprint density at radius 2 is 2.18 bits per heavy atom. The van der Waals surface area contributed by atoms with Gasteiger partial charge in [0.25, 0.3) is 10.0 Å². The Bertz CT molecular complexity index is 623. The van der Waals surface area contributed by atoms with Crippen molar-refractivity contribution in [2.45, 2.75) is 11.8 Å². The molecule has 0 atom stereocenters. The van der Waals surface area contributed by atoms with E-state index in [1.54, 1.807) is 25.1 Å². The zero-order valence-corrected chi connectivity index (χ0v) is 11.2. The predicted molar refractivity (Wildman–Crippen MR) is 66.2 cm³/mol. The first-order chi connectivity index (χ1) is 7.99. The molecule has 5 nitrogen and oxygen atoms in total. The largest absolute Gasteiger partial charge is 0.362 e. The summed E-state index contributed by atoms with van der Waals surface area (Å²) >= 11 is 3.24. The molecular weight excluding hydrogens is 308 g/mol. The molecule has 0 fully saturated rings. The van der Waals surface area contributed by atoms with E-state index in [2.05, 4.69) is 30.3 Å². The van der Waals surface area contributed by atoms with Crippen LogP contribution in [0.2, 0.25) is 0 Å². The van der Waals surface area contributed by atoms with Crippen molar-refractivity contribution in [1.82, 2.24) is 5.16 Å². The Balaban J connectivity index is 2.41. The molecule has 0 saturated carbocycles. The molecule has 0 bridgehead atoms. The minimum atomic E-state index is -3.62. The molecule has 17 heavy (non-hydrogen) atoms. The van der Waals surface area contributed by atoms with Crippen molar-refractivity contribution in [3.8, 4) is 0 Å². The van der Waals surface area contributed by atoms with E-state index >= 15 is 0 Å². The molecule has 0 aliphatic heterocycles. The first-order valence-corrected chi connectivity index (χ1v) is 6.95. The normalized spacial score (nSPS) is 11.4. The van der Waals surface area contributed by atoms with Gasteiger partial charge in [0.05, 0.1) is 11.1 Å². The van der Waals surface area contributed by atoms with Gasteiger partial charge in [-0.3, -0.25) is 4.72 Å². The summed E-state index contributed by atoms with van der Waals surface area (Å²) < 4.78 is 31.8. The van der Waals surface area contributed by atoms with Crippen LogP contribution in [0.1, 0.15) is 5.56 Å². The van der Waals surface area contributed by atoms with Gasteiger partial charge < -0.3 is 4.52 Å². The van der Waals surface area contributed by atoms with Crippen LogP contribution >= 0.6 is 15.9 Å². The second kappa shape index (κ2) is 4.50. The second-order valence-corrected chi connectivity index (χ2v) is 5.99. The maximum absolute atomic E-state index is 12.1. The number of hydrogen-bond acceptors (Lipinski definition) is 4. The Labute approximate surface area is 107 Å². The van der Waals surface area contributed by atoms with Crippen molar-refractivity contribution in [2.24, 2.45) is 0 Å². The van der Waals surface area contributed by atoms with Crippen molar-refractivity contribution >= 4 is 31.6 Å². The molecule has 1 N–H and O–H groups in total. The lowest BCUT2D eigenvalue weighted by atomic mass is 10.2. The summed E-state index contributed by atoms with van der Waals surface area (Å²) in [5.41, 5.74) is 0.960. The molecule has 0 radical (unpaired) electrons. The van der Waals surface area contributed by atoms with E-state index in [1.807, 2.05) is 0 Å². The number of sulfonamides is 1. The molecule has 90 valence electrons. The number of hydrogen-bond donors (Lipinski definition) is 1. The van der Waals surface area contributed by atoms with Crippen LogP contribution in [0, 0.1) is 6.92 Å². The van der Waals surface area contributed by atoms with E-state index in [0.717, 1.165) is 0 Å². The van der Waals surface area contributed by atoms with Gasteiger partial charge in [0.15, 0.2) is 0 Å². The molecule has 1 aromatic heterocycles. The van der Waals surface area contributed by atoms with Gasteiger partial charge in [-0.05, 0) is 24.6 Å². The highest BCUT2D eigenvalue weighted by atomic mass is 79.9. The van der Waals surface area contributed by atoms with Crippen LogP contribution in [0.15, 0.2) is 44.6 Å². The van der Waals surface area contributed by atoms with Crippen LogP contribution in [0.3, 0.4) is 0 Å². The second-order valence-electron chi connectivity index (χ2n) is 3.43. The van der Waals surface area contributed by atoms with Gasteiger partial charge in [-0.15, -0.1) is 0 Å². The summed E-state index contributed by atoms with van der Waals surface area (Å²) in [6.45, 7) is 1.73. The van der Waals surface area contributed by atoms with E-state index < -0.39 is 10.0 Å². The third-order valence-electron chi connectivity index (χ3n) is 2.12. The van der Waals surface area contributed by atoms with Crippen LogP contribution in [-0.2, 0) is 10.0 Å². The van der Waals surface area contributed by atoms with Crippen molar-refractivity contribution in [2.75, 3.05) is 4.72 Å². The smallest absolute Gasteiger partial charge is 0.262 e. The summed E-state index contributed by atoms with van der Waals surface area (Å²) in [7, 11) is -3.62. The average molecular weight is 317 g/mol. The number of aryl methyl sites for hydroxylation is 1. The molecule has 0 amide bonds. The van der Waals surface area contributed by atoms with Gasteiger partial charge in [0, 0.05) is 4.47 Å². The SMILES string of the molecule is Cc1ccc(Br)cc1S(=O)(=O)Nc1cnoc1. The summed E-state index contributed by atoms with van der Waals surface area (Å²) in [6, 6.07) is 5.06. The summed E-state index contributed by atoms with van der Waals surface area (Å²) in [6.07, 6.45) is 2.52. The molecule has 0 unspecified atom stereocenters. The highest BCUT2D eigenvalue weighted by molar-refractivity contribution is 9.10. The minimum absolute atomic E-state index is 0.216. The Morgan fingerprint density at radius 3 is 2.82 bits per heavy atom. The summed E-state index contributed by atoms with van der Waals surface area (Å²) in [5, 5.41) is 3.43. The molecule has 1 aromatic carbocycles. The van der Waals surface area contributed by atoms with Crippen molar-refractivity contribution in [3.63, 3.8) is 0 Å².